The molecule has 3 N–H and O–H groups in total. The Hall–Kier alpha value is -4.00. The summed E-state index contributed by atoms with van der Waals surface area (Å²) in [6.07, 6.45) is 3.78. The number of amides is 2. The van der Waals surface area contributed by atoms with Gasteiger partial charge in [0.1, 0.15) is 5.82 Å². The van der Waals surface area contributed by atoms with Crippen LogP contribution in [-0.4, -0.2) is 35.4 Å². The quantitative estimate of drug-likeness (QED) is 0.414. The Morgan fingerprint density at radius 3 is 2.45 bits per heavy atom. The van der Waals surface area contributed by atoms with Gasteiger partial charge in [-0.3, -0.25) is 14.6 Å². The number of hydrogen-bond donors (Lipinski definition) is 3. The van der Waals surface area contributed by atoms with Gasteiger partial charge in [0.05, 0.1) is 11.1 Å². The van der Waals surface area contributed by atoms with E-state index in [1.54, 1.807) is 37.5 Å². The van der Waals surface area contributed by atoms with Crippen molar-refractivity contribution in [2.75, 3.05) is 13.6 Å². The van der Waals surface area contributed by atoms with Crippen LogP contribution < -0.4 is 10.6 Å². The van der Waals surface area contributed by atoms with Gasteiger partial charge in [-0.1, -0.05) is 18.2 Å². The van der Waals surface area contributed by atoms with E-state index in [0.29, 0.717) is 29.6 Å². The van der Waals surface area contributed by atoms with E-state index in [4.69, 9.17) is 0 Å². The SMILES string of the molecule is CNC(=O)c1ccc(-c2cncc(C(=O)NCCc3c(C)[nH]c4c(F)ccc(C)c34)c2)cc1. The summed E-state index contributed by atoms with van der Waals surface area (Å²) in [5.41, 5.74) is 6.05. The first-order valence-electron chi connectivity index (χ1n) is 10.7. The number of pyridine rings is 1. The number of aromatic amines is 1. The molecule has 0 spiro atoms. The molecular formula is C26H25FN4O2. The zero-order valence-electron chi connectivity index (χ0n) is 18.8. The average Bonchev–Trinajstić information content (AvgIpc) is 3.18. The fraction of sp³-hybridized carbons (Fsp3) is 0.192. The van der Waals surface area contributed by atoms with E-state index in [0.717, 1.165) is 33.3 Å². The summed E-state index contributed by atoms with van der Waals surface area (Å²) in [5.74, 6) is -0.664. The number of carbonyl (C=O) groups excluding carboxylic acids is 2. The molecule has 6 nitrogen and oxygen atoms in total. The van der Waals surface area contributed by atoms with Gasteiger partial charge in [-0.05, 0) is 61.2 Å². The molecule has 4 aromatic rings. The zero-order chi connectivity index (χ0) is 23.5. The lowest BCUT2D eigenvalue weighted by Gasteiger charge is -2.08. The summed E-state index contributed by atoms with van der Waals surface area (Å²) in [4.78, 5) is 31.8. The van der Waals surface area contributed by atoms with Crippen LogP contribution in [0.3, 0.4) is 0 Å². The summed E-state index contributed by atoms with van der Waals surface area (Å²) in [5, 5.41) is 6.40. The fourth-order valence-corrected chi connectivity index (χ4v) is 4.04. The number of halogens is 1. The lowest BCUT2D eigenvalue weighted by Crippen LogP contribution is -2.26. The number of benzene rings is 2. The van der Waals surface area contributed by atoms with Crippen molar-refractivity contribution in [3.05, 3.63) is 88.6 Å². The van der Waals surface area contributed by atoms with Crippen molar-refractivity contribution in [3.63, 3.8) is 0 Å². The molecule has 0 aliphatic heterocycles. The van der Waals surface area contributed by atoms with Gasteiger partial charge >= 0.3 is 0 Å². The highest BCUT2D eigenvalue weighted by atomic mass is 19.1. The van der Waals surface area contributed by atoms with Crippen LogP contribution in [0.1, 0.15) is 37.5 Å². The molecule has 0 fully saturated rings. The Morgan fingerprint density at radius 1 is 0.970 bits per heavy atom. The Labute approximate surface area is 191 Å². The van der Waals surface area contributed by atoms with Gasteiger partial charge in [0, 0.05) is 48.2 Å². The van der Waals surface area contributed by atoms with E-state index >= 15 is 0 Å². The first-order valence-corrected chi connectivity index (χ1v) is 10.7. The van der Waals surface area contributed by atoms with E-state index < -0.39 is 0 Å². The zero-order valence-corrected chi connectivity index (χ0v) is 18.8. The number of rotatable bonds is 6. The molecule has 7 heteroatoms. The van der Waals surface area contributed by atoms with Gasteiger partial charge in [-0.25, -0.2) is 4.39 Å². The van der Waals surface area contributed by atoms with E-state index in [1.807, 2.05) is 26.0 Å². The third-order valence-corrected chi connectivity index (χ3v) is 5.80. The minimum absolute atomic E-state index is 0.156. The number of H-pyrrole nitrogens is 1. The second-order valence-electron chi connectivity index (χ2n) is 7.97. The topological polar surface area (TPSA) is 86.9 Å². The molecule has 0 unspecified atom stereocenters. The molecule has 2 heterocycles. The largest absolute Gasteiger partial charge is 0.356 e. The molecule has 0 aliphatic carbocycles. The average molecular weight is 445 g/mol. The predicted octanol–water partition coefficient (Wildman–Crippen LogP) is 4.32. The van der Waals surface area contributed by atoms with Crippen LogP contribution in [0.25, 0.3) is 22.0 Å². The summed E-state index contributed by atoms with van der Waals surface area (Å²) in [7, 11) is 1.58. The predicted molar refractivity (Wildman–Crippen MR) is 127 cm³/mol. The van der Waals surface area contributed by atoms with Crippen LogP contribution in [-0.2, 0) is 6.42 Å². The van der Waals surface area contributed by atoms with E-state index in [-0.39, 0.29) is 17.6 Å². The summed E-state index contributed by atoms with van der Waals surface area (Å²) < 4.78 is 14.2. The lowest BCUT2D eigenvalue weighted by atomic mass is 10.0. The monoisotopic (exact) mass is 444 g/mol. The van der Waals surface area contributed by atoms with Crippen LogP contribution in [0.5, 0.6) is 0 Å². The summed E-state index contributed by atoms with van der Waals surface area (Å²) in [6, 6.07) is 12.1. The highest BCUT2D eigenvalue weighted by Gasteiger charge is 2.15. The van der Waals surface area contributed by atoms with Gasteiger partial charge in [0.15, 0.2) is 0 Å². The summed E-state index contributed by atoms with van der Waals surface area (Å²) >= 11 is 0. The van der Waals surface area contributed by atoms with Crippen molar-refractivity contribution >= 4 is 22.7 Å². The van der Waals surface area contributed by atoms with Crippen molar-refractivity contribution in [2.24, 2.45) is 0 Å². The number of fused-ring (bicyclic) bond motifs is 1. The van der Waals surface area contributed by atoms with Crippen LogP contribution in [0, 0.1) is 19.7 Å². The molecule has 0 radical (unpaired) electrons. The third kappa shape index (κ3) is 4.48. The Morgan fingerprint density at radius 2 is 1.73 bits per heavy atom. The van der Waals surface area contributed by atoms with Gasteiger partial charge in [0.25, 0.3) is 11.8 Å². The molecule has 0 saturated carbocycles. The lowest BCUT2D eigenvalue weighted by molar-refractivity contribution is 0.0949. The molecule has 0 aliphatic rings. The number of aryl methyl sites for hydroxylation is 2. The maximum Gasteiger partial charge on any atom is 0.252 e. The maximum absolute atomic E-state index is 14.2. The van der Waals surface area contributed by atoms with Crippen molar-refractivity contribution in [1.82, 2.24) is 20.6 Å². The smallest absolute Gasteiger partial charge is 0.252 e. The van der Waals surface area contributed by atoms with Gasteiger partial charge in [-0.2, -0.15) is 0 Å². The van der Waals surface area contributed by atoms with E-state index in [2.05, 4.69) is 20.6 Å². The van der Waals surface area contributed by atoms with Gasteiger partial charge < -0.3 is 15.6 Å². The standard InChI is InChI=1S/C26H25FN4O2/c1-15-4-9-22(27)24-23(15)21(16(2)31-24)10-11-30-26(33)20-12-19(13-29-14-20)17-5-7-18(8-6-17)25(32)28-3/h4-9,12-14,31H,10-11H2,1-3H3,(H,28,32)(H,30,33). The third-order valence-electron chi connectivity index (χ3n) is 5.80. The van der Waals surface area contributed by atoms with Crippen molar-refractivity contribution < 1.29 is 14.0 Å². The molecule has 2 amide bonds. The van der Waals surface area contributed by atoms with Crippen molar-refractivity contribution in [1.29, 1.82) is 0 Å². The van der Waals surface area contributed by atoms with E-state index in [1.165, 1.54) is 12.3 Å². The fourth-order valence-electron chi connectivity index (χ4n) is 4.04. The molecule has 168 valence electrons. The Bertz CT molecular complexity index is 1340. The second kappa shape index (κ2) is 9.24. The molecule has 0 bridgehead atoms. The van der Waals surface area contributed by atoms with E-state index in [9.17, 15) is 14.0 Å². The molecule has 2 aromatic carbocycles. The minimum atomic E-state index is -0.278. The highest BCUT2D eigenvalue weighted by Crippen LogP contribution is 2.28. The number of aromatic nitrogens is 2. The van der Waals surface area contributed by atoms with Gasteiger partial charge in [0.2, 0.25) is 0 Å². The normalized spacial score (nSPS) is 10.9. The van der Waals surface area contributed by atoms with Crippen LogP contribution >= 0.6 is 0 Å². The molecule has 2 aromatic heterocycles. The highest BCUT2D eigenvalue weighted by molar-refractivity contribution is 5.96. The molecule has 33 heavy (non-hydrogen) atoms. The second-order valence-corrected chi connectivity index (χ2v) is 7.97. The Balaban J connectivity index is 1.46. The molecule has 0 saturated heterocycles. The molecule has 4 rings (SSSR count). The van der Waals surface area contributed by atoms with Crippen molar-refractivity contribution in [3.8, 4) is 11.1 Å². The number of carbonyl (C=O) groups is 2. The number of nitrogens with zero attached hydrogens (tertiary/aromatic N) is 1. The molecular weight excluding hydrogens is 419 g/mol. The van der Waals surface area contributed by atoms with Crippen molar-refractivity contribution in [2.45, 2.75) is 20.3 Å². The number of hydrogen-bond acceptors (Lipinski definition) is 3. The summed E-state index contributed by atoms with van der Waals surface area (Å²) in [6.45, 7) is 4.28. The minimum Gasteiger partial charge on any atom is -0.356 e. The van der Waals surface area contributed by atoms with Crippen LogP contribution in [0.2, 0.25) is 0 Å². The first kappa shape index (κ1) is 22.2. The van der Waals surface area contributed by atoms with Gasteiger partial charge in [-0.15, -0.1) is 0 Å². The van der Waals surface area contributed by atoms with Crippen LogP contribution in [0.15, 0.2) is 54.9 Å². The number of nitrogens with one attached hydrogen (secondary N) is 3. The molecule has 0 atom stereocenters. The Kier molecular flexibility index (Phi) is 6.22. The first-order chi connectivity index (χ1) is 15.9. The maximum atomic E-state index is 14.2. The van der Waals surface area contributed by atoms with Crippen LogP contribution in [0.4, 0.5) is 4.39 Å².